The number of carbonyl (C=O) groups is 1. The Morgan fingerprint density at radius 2 is 1.83 bits per heavy atom. The number of halogens is 6. The van der Waals surface area contributed by atoms with E-state index in [-0.39, 0.29) is 24.8 Å². The zero-order valence-electron chi connectivity index (χ0n) is 12.5. The van der Waals surface area contributed by atoms with Crippen LogP contribution >= 0.6 is 12.4 Å². The molecule has 138 valence electrons. The molecule has 1 aromatic rings. The molecule has 0 saturated heterocycles. The van der Waals surface area contributed by atoms with Gasteiger partial charge in [0.2, 0.25) is 0 Å². The molecule has 0 amide bonds. The fraction of sp³-hybridized carbons (Fsp3) is 0.462. The number of ether oxygens (including phenoxy) is 3. The highest BCUT2D eigenvalue weighted by atomic mass is 35.5. The lowest BCUT2D eigenvalue weighted by atomic mass is 10.00. The highest BCUT2D eigenvalue weighted by Crippen LogP contribution is 2.38. The summed E-state index contributed by atoms with van der Waals surface area (Å²) in [5, 5.41) is 0. The van der Waals surface area contributed by atoms with E-state index < -0.39 is 35.6 Å². The molecule has 5 nitrogen and oxygen atoms in total. The van der Waals surface area contributed by atoms with Gasteiger partial charge in [0, 0.05) is 5.56 Å². The second kappa shape index (κ2) is 8.34. The van der Waals surface area contributed by atoms with Gasteiger partial charge in [0.25, 0.3) is 0 Å². The van der Waals surface area contributed by atoms with Crippen LogP contribution in [0.25, 0.3) is 0 Å². The molecule has 0 bridgehead atoms. The van der Waals surface area contributed by atoms with Gasteiger partial charge in [-0.2, -0.15) is 8.78 Å². The minimum Gasteiger partial charge on any atom is -0.496 e. The number of carbonyl (C=O) groups excluding carboxylic acids is 1. The Balaban J connectivity index is 0.00000529. The van der Waals surface area contributed by atoms with Crippen LogP contribution in [0.4, 0.5) is 22.0 Å². The average Bonchev–Trinajstić information content (AvgIpc) is 2.44. The Kier molecular flexibility index (Phi) is 7.71. The highest BCUT2D eigenvalue weighted by Gasteiger charge is 2.49. The summed E-state index contributed by atoms with van der Waals surface area (Å²) in [4.78, 5) is 11.3. The van der Waals surface area contributed by atoms with Crippen LogP contribution in [-0.2, 0) is 9.53 Å². The van der Waals surface area contributed by atoms with Gasteiger partial charge in [-0.25, -0.2) is 4.79 Å². The van der Waals surface area contributed by atoms with Crippen molar-refractivity contribution >= 4 is 18.4 Å². The molecule has 0 fully saturated rings. The Labute approximate surface area is 140 Å². The van der Waals surface area contributed by atoms with Crippen LogP contribution < -0.4 is 15.2 Å². The van der Waals surface area contributed by atoms with Gasteiger partial charge < -0.3 is 19.9 Å². The predicted molar refractivity (Wildman–Crippen MR) is 75.4 cm³/mol. The summed E-state index contributed by atoms with van der Waals surface area (Å²) < 4.78 is 77.2. The fourth-order valence-corrected chi connectivity index (χ4v) is 1.70. The number of hydrogen-bond acceptors (Lipinski definition) is 5. The first-order chi connectivity index (χ1) is 10.5. The SMILES string of the molecule is CCOC(=O)C(F)(F)[C@@H](N)c1cc(OC(F)(F)F)ccc1OC.Cl. The molecule has 1 atom stereocenters. The molecular formula is C13H15ClF5NO4. The summed E-state index contributed by atoms with van der Waals surface area (Å²) in [7, 11) is 1.11. The van der Waals surface area contributed by atoms with Crippen molar-refractivity contribution in [2.45, 2.75) is 25.3 Å². The smallest absolute Gasteiger partial charge is 0.496 e. The highest BCUT2D eigenvalue weighted by molar-refractivity contribution is 5.85. The van der Waals surface area contributed by atoms with Gasteiger partial charge in [-0.05, 0) is 25.1 Å². The van der Waals surface area contributed by atoms with Crippen molar-refractivity contribution in [3.05, 3.63) is 23.8 Å². The van der Waals surface area contributed by atoms with Gasteiger partial charge in [-0.1, -0.05) is 0 Å². The van der Waals surface area contributed by atoms with Crippen molar-refractivity contribution in [1.29, 1.82) is 0 Å². The second-order valence-corrected chi connectivity index (χ2v) is 4.27. The minimum absolute atomic E-state index is 0. The van der Waals surface area contributed by atoms with Crippen molar-refractivity contribution in [2.75, 3.05) is 13.7 Å². The molecule has 0 unspecified atom stereocenters. The van der Waals surface area contributed by atoms with E-state index in [1.54, 1.807) is 0 Å². The van der Waals surface area contributed by atoms with Gasteiger partial charge in [0.15, 0.2) is 0 Å². The second-order valence-electron chi connectivity index (χ2n) is 4.27. The quantitative estimate of drug-likeness (QED) is 0.607. The van der Waals surface area contributed by atoms with E-state index in [1.807, 2.05) is 0 Å². The van der Waals surface area contributed by atoms with Crippen molar-refractivity contribution < 1.29 is 41.0 Å². The van der Waals surface area contributed by atoms with E-state index in [0.717, 1.165) is 19.2 Å². The standard InChI is InChI=1S/C13H14F5NO4.ClH/c1-3-22-11(20)12(14,15)10(19)8-6-7(23-13(16,17)18)4-5-9(8)21-2;/h4-6,10H,3,19H2,1-2H3;1H/t10-;/m0./s1. The summed E-state index contributed by atoms with van der Waals surface area (Å²) in [5.41, 5.74) is 4.81. The molecule has 2 N–H and O–H groups in total. The third-order valence-corrected chi connectivity index (χ3v) is 2.71. The van der Waals surface area contributed by atoms with Gasteiger partial charge in [0.05, 0.1) is 13.7 Å². The largest absolute Gasteiger partial charge is 0.573 e. The average molecular weight is 380 g/mol. The number of esters is 1. The molecule has 0 saturated carbocycles. The first kappa shape index (κ1) is 22.2. The molecule has 0 aromatic heterocycles. The van der Waals surface area contributed by atoms with E-state index in [0.29, 0.717) is 6.07 Å². The number of methoxy groups -OCH3 is 1. The predicted octanol–water partition coefficient (Wildman–Crippen LogP) is 3.21. The van der Waals surface area contributed by atoms with Crippen LogP contribution in [0.1, 0.15) is 18.5 Å². The van der Waals surface area contributed by atoms with Crippen LogP contribution in [0.2, 0.25) is 0 Å². The van der Waals surface area contributed by atoms with E-state index >= 15 is 0 Å². The van der Waals surface area contributed by atoms with E-state index in [9.17, 15) is 26.7 Å². The monoisotopic (exact) mass is 379 g/mol. The van der Waals surface area contributed by atoms with Crippen LogP contribution in [0.5, 0.6) is 11.5 Å². The molecule has 1 rings (SSSR count). The van der Waals surface area contributed by atoms with Crippen molar-refractivity contribution in [1.82, 2.24) is 0 Å². The van der Waals surface area contributed by atoms with Crippen LogP contribution in [0, 0.1) is 0 Å². The summed E-state index contributed by atoms with van der Waals surface area (Å²) >= 11 is 0. The van der Waals surface area contributed by atoms with E-state index in [4.69, 9.17) is 10.5 Å². The van der Waals surface area contributed by atoms with E-state index in [2.05, 4.69) is 9.47 Å². The summed E-state index contributed by atoms with van der Waals surface area (Å²) in [6.07, 6.45) is -5.01. The number of hydrogen-bond donors (Lipinski definition) is 1. The first-order valence-electron chi connectivity index (χ1n) is 6.27. The minimum atomic E-state index is -5.01. The molecule has 24 heavy (non-hydrogen) atoms. The van der Waals surface area contributed by atoms with Gasteiger partial charge in [-0.15, -0.1) is 25.6 Å². The molecule has 1 aromatic carbocycles. The maximum atomic E-state index is 14.0. The van der Waals surface area contributed by atoms with Gasteiger partial charge >= 0.3 is 18.3 Å². The fourth-order valence-electron chi connectivity index (χ4n) is 1.70. The van der Waals surface area contributed by atoms with Crippen LogP contribution in [0.3, 0.4) is 0 Å². The molecule has 0 spiro atoms. The molecule has 11 heteroatoms. The Bertz CT molecular complexity index is 568. The van der Waals surface area contributed by atoms with Crippen molar-refractivity contribution in [3.63, 3.8) is 0 Å². The van der Waals surface area contributed by atoms with Gasteiger partial charge in [0.1, 0.15) is 17.5 Å². The number of rotatable bonds is 6. The Morgan fingerprint density at radius 1 is 1.25 bits per heavy atom. The molecular weight excluding hydrogens is 365 g/mol. The van der Waals surface area contributed by atoms with Gasteiger partial charge in [-0.3, -0.25) is 0 Å². The molecule has 0 aliphatic heterocycles. The Morgan fingerprint density at radius 3 is 2.29 bits per heavy atom. The van der Waals surface area contributed by atoms with Crippen molar-refractivity contribution in [3.8, 4) is 11.5 Å². The summed E-state index contributed by atoms with van der Waals surface area (Å²) in [6.45, 7) is 1.01. The Hall–Kier alpha value is -1.81. The molecule has 0 heterocycles. The lowest BCUT2D eigenvalue weighted by Crippen LogP contribution is -2.42. The number of benzene rings is 1. The molecule has 0 radical (unpaired) electrons. The summed E-state index contributed by atoms with van der Waals surface area (Å²) in [5.74, 6) is -7.06. The maximum Gasteiger partial charge on any atom is 0.573 e. The first-order valence-corrected chi connectivity index (χ1v) is 6.27. The maximum absolute atomic E-state index is 14.0. The third-order valence-electron chi connectivity index (χ3n) is 2.71. The van der Waals surface area contributed by atoms with Crippen LogP contribution in [0.15, 0.2) is 18.2 Å². The normalized spacial score (nSPS) is 12.8. The third kappa shape index (κ3) is 5.38. The zero-order chi connectivity index (χ0) is 17.8. The lowest BCUT2D eigenvalue weighted by Gasteiger charge is -2.24. The summed E-state index contributed by atoms with van der Waals surface area (Å²) in [6, 6.07) is 0.181. The molecule has 0 aliphatic rings. The molecule has 0 aliphatic carbocycles. The van der Waals surface area contributed by atoms with E-state index in [1.165, 1.54) is 6.92 Å². The topological polar surface area (TPSA) is 70.8 Å². The van der Waals surface area contributed by atoms with Crippen LogP contribution in [-0.4, -0.2) is 32.0 Å². The number of alkyl halides is 5. The van der Waals surface area contributed by atoms with Crippen molar-refractivity contribution in [2.24, 2.45) is 5.73 Å². The number of nitrogens with two attached hydrogens (primary N) is 1. The lowest BCUT2D eigenvalue weighted by molar-refractivity contribution is -0.274. The zero-order valence-corrected chi connectivity index (χ0v) is 13.3.